The molecule has 0 bridgehead atoms. The minimum atomic E-state index is -1.26. The van der Waals surface area contributed by atoms with Gasteiger partial charge in [0.1, 0.15) is 17.9 Å². The number of rotatable bonds is 4. The van der Waals surface area contributed by atoms with Crippen molar-refractivity contribution in [1.29, 1.82) is 0 Å². The first-order valence-corrected chi connectivity index (χ1v) is 8.09. The highest BCUT2D eigenvalue weighted by atomic mass is 16.5. The molecule has 4 N–H and O–H groups in total. The zero-order valence-electron chi connectivity index (χ0n) is 14.6. The summed E-state index contributed by atoms with van der Waals surface area (Å²) in [6.07, 6.45) is -3.14. The molecule has 0 spiro atoms. The first-order chi connectivity index (χ1) is 11.7. The highest BCUT2D eigenvalue weighted by Gasteiger charge is 2.51. The Bertz CT molecular complexity index is 603. The van der Waals surface area contributed by atoms with Crippen LogP contribution in [0, 0.1) is 5.92 Å². The molecule has 1 saturated heterocycles. The first-order valence-electron chi connectivity index (χ1n) is 8.09. The molecule has 6 unspecified atom stereocenters. The molecule has 0 radical (unpaired) electrons. The van der Waals surface area contributed by atoms with Crippen molar-refractivity contribution in [3.8, 4) is 0 Å². The monoisotopic (exact) mass is 356 g/mol. The third kappa shape index (κ3) is 3.77. The van der Waals surface area contributed by atoms with Crippen LogP contribution < -0.4 is 10.6 Å². The number of aliphatic hydroxyl groups is 2. The van der Waals surface area contributed by atoms with E-state index in [2.05, 4.69) is 10.6 Å². The van der Waals surface area contributed by atoms with Gasteiger partial charge in [-0.3, -0.25) is 9.59 Å². The van der Waals surface area contributed by atoms with Crippen molar-refractivity contribution < 1.29 is 34.1 Å². The van der Waals surface area contributed by atoms with Crippen molar-refractivity contribution in [1.82, 2.24) is 10.6 Å². The molecule has 9 heteroatoms. The Morgan fingerprint density at radius 2 is 2.00 bits per heavy atom. The Morgan fingerprint density at radius 3 is 2.56 bits per heavy atom. The van der Waals surface area contributed by atoms with Gasteiger partial charge in [0, 0.05) is 19.3 Å². The van der Waals surface area contributed by atoms with Gasteiger partial charge in [0.25, 0.3) is 0 Å². The maximum atomic E-state index is 12.3. The number of aliphatic hydroxyl groups excluding tert-OH is 2. The van der Waals surface area contributed by atoms with Gasteiger partial charge in [0.15, 0.2) is 0 Å². The van der Waals surface area contributed by atoms with Crippen LogP contribution in [0.25, 0.3) is 0 Å². The first kappa shape index (κ1) is 19.2. The third-order valence-corrected chi connectivity index (χ3v) is 4.56. The summed E-state index contributed by atoms with van der Waals surface area (Å²) in [6.45, 7) is 4.39. The Balaban J connectivity index is 2.31. The molecular weight excluding hydrogens is 332 g/mol. The summed E-state index contributed by atoms with van der Waals surface area (Å²) in [5.74, 6) is -2.13. The Kier molecular flexibility index (Phi) is 5.69. The molecule has 1 aliphatic carbocycles. The SMILES string of the molecule is COC1=C2C(=O)OC(C)C(NC(=O)C(C)NC(C)=O)C2C(O)C(O)C1. The van der Waals surface area contributed by atoms with E-state index < -0.39 is 48.2 Å². The largest absolute Gasteiger partial charge is 0.500 e. The molecule has 25 heavy (non-hydrogen) atoms. The summed E-state index contributed by atoms with van der Waals surface area (Å²) in [6, 6.07) is -1.58. The standard InChI is InChI=1S/C16H24N2O7/c1-6(17-8(3)19)15(22)18-13-7(2)25-16(23)11-10(24-4)5-9(20)14(21)12(11)13/h6-7,9,12-14,20-21H,5H2,1-4H3,(H,17,19)(H,18,22). The van der Waals surface area contributed by atoms with Crippen molar-refractivity contribution in [2.45, 2.75) is 57.6 Å². The van der Waals surface area contributed by atoms with Crippen LogP contribution in [-0.4, -0.2) is 65.5 Å². The van der Waals surface area contributed by atoms with E-state index in [4.69, 9.17) is 9.47 Å². The number of amides is 2. The minimum absolute atomic E-state index is 0.0179. The minimum Gasteiger partial charge on any atom is -0.500 e. The van der Waals surface area contributed by atoms with Gasteiger partial charge in [-0.15, -0.1) is 0 Å². The molecule has 0 saturated carbocycles. The number of cyclic esters (lactones) is 1. The summed E-state index contributed by atoms with van der Waals surface area (Å²) in [5.41, 5.74) is 0.121. The second kappa shape index (κ2) is 7.40. The summed E-state index contributed by atoms with van der Waals surface area (Å²) in [5, 5.41) is 25.7. The Hall–Kier alpha value is -2.13. The van der Waals surface area contributed by atoms with E-state index >= 15 is 0 Å². The third-order valence-electron chi connectivity index (χ3n) is 4.56. The van der Waals surface area contributed by atoms with Crippen LogP contribution in [0.3, 0.4) is 0 Å². The van der Waals surface area contributed by atoms with Crippen LogP contribution in [0.1, 0.15) is 27.2 Å². The van der Waals surface area contributed by atoms with E-state index in [1.807, 2.05) is 0 Å². The molecule has 0 aromatic carbocycles. The highest BCUT2D eigenvalue weighted by molar-refractivity contribution is 5.92. The van der Waals surface area contributed by atoms with E-state index in [0.29, 0.717) is 0 Å². The molecule has 6 atom stereocenters. The fraction of sp³-hybridized carbons (Fsp3) is 0.688. The van der Waals surface area contributed by atoms with Gasteiger partial charge in [0.2, 0.25) is 11.8 Å². The van der Waals surface area contributed by atoms with Crippen molar-refractivity contribution in [2.75, 3.05) is 7.11 Å². The number of carbonyl (C=O) groups is 3. The predicted molar refractivity (Wildman–Crippen MR) is 84.9 cm³/mol. The normalized spacial score (nSPS) is 33.0. The molecule has 0 aromatic rings. The van der Waals surface area contributed by atoms with Gasteiger partial charge >= 0.3 is 5.97 Å². The number of esters is 1. The fourth-order valence-electron chi connectivity index (χ4n) is 3.32. The van der Waals surface area contributed by atoms with E-state index in [0.717, 1.165) is 0 Å². The Morgan fingerprint density at radius 1 is 1.36 bits per heavy atom. The van der Waals surface area contributed by atoms with Crippen molar-refractivity contribution in [3.63, 3.8) is 0 Å². The van der Waals surface area contributed by atoms with Gasteiger partial charge in [-0.2, -0.15) is 0 Å². The second-order valence-electron chi connectivity index (χ2n) is 6.40. The number of fused-ring (bicyclic) bond motifs is 1. The summed E-state index contributed by atoms with van der Waals surface area (Å²) >= 11 is 0. The lowest BCUT2D eigenvalue weighted by molar-refractivity contribution is -0.159. The van der Waals surface area contributed by atoms with Crippen LogP contribution in [0.4, 0.5) is 0 Å². The van der Waals surface area contributed by atoms with E-state index in [9.17, 15) is 24.6 Å². The molecule has 1 fully saturated rings. The van der Waals surface area contributed by atoms with Gasteiger partial charge in [-0.05, 0) is 13.8 Å². The van der Waals surface area contributed by atoms with E-state index in [1.165, 1.54) is 21.0 Å². The molecule has 2 aliphatic rings. The second-order valence-corrected chi connectivity index (χ2v) is 6.40. The quantitative estimate of drug-likeness (QED) is 0.454. The average molecular weight is 356 g/mol. The molecule has 9 nitrogen and oxygen atoms in total. The fourth-order valence-corrected chi connectivity index (χ4v) is 3.32. The van der Waals surface area contributed by atoms with Crippen LogP contribution in [-0.2, 0) is 23.9 Å². The molecule has 0 aromatic heterocycles. The zero-order valence-corrected chi connectivity index (χ0v) is 14.6. The molecule has 1 heterocycles. The van der Waals surface area contributed by atoms with Crippen molar-refractivity contribution in [3.05, 3.63) is 11.3 Å². The van der Waals surface area contributed by atoms with Gasteiger partial charge in [-0.25, -0.2) is 4.79 Å². The summed E-state index contributed by atoms with van der Waals surface area (Å²) in [4.78, 5) is 35.7. The van der Waals surface area contributed by atoms with Gasteiger partial charge < -0.3 is 30.3 Å². The zero-order chi connectivity index (χ0) is 18.9. The number of ether oxygens (including phenoxy) is 2. The topological polar surface area (TPSA) is 134 Å². The van der Waals surface area contributed by atoms with Crippen molar-refractivity contribution >= 4 is 17.8 Å². The number of hydrogen-bond donors (Lipinski definition) is 4. The lowest BCUT2D eigenvalue weighted by atomic mass is 9.74. The van der Waals surface area contributed by atoms with Crippen LogP contribution >= 0.6 is 0 Å². The predicted octanol–water partition coefficient (Wildman–Crippen LogP) is -1.42. The van der Waals surface area contributed by atoms with Crippen molar-refractivity contribution in [2.24, 2.45) is 5.92 Å². The molecular formula is C16H24N2O7. The van der Waals surface area contributed by atoms with Gasteiger partial charge in [-0.1, -0.05) is 0 Å². The van der Waals surface area contributed by atoms with Crippen LogP contribution in [0.5, 0.6) is 0 Å². The lowest BCUT2D eigenvalue weighted by Gasteiger charge is -2.44. The lowest BCUT2D eigenvalue weighted by Crippen LogP contribution is -2.62. The highest BCUT2D eigenvalue weighted by Crippen LogP contribution is 2.38. The van der Waals surface area contributed by atoms with E-state index in [-0.39, 0.29) is 23.7 Å². The number of nitrogens with one attached hydrogen (secondary N) is 2. The molecule has 1 aliphatic heterocycles. The van der Waals surface area contributed by atoms with Crippen LogP contribution in [0.2, 0.25) is 0 Å². The summed E-state index contributed by atoms with van der Waals surface area (Å²) < 4.78 is 10.5. The maximum absolute atomic E-state index is 12.3. The average Bonchev–Trinajstić information content (AvgIpc) is 2.52. The van der Waals surface area contributed by atoms with Gasteiger partial charge in [0.05, 0.1) is 30.9 Å². The smallest absolute Gasteiger partial charge is 0.338 e. The Labute approximate surface area is 145 Å². The van der Waals surface area contributed by atoms with E-state index in [1.54, 1.807) is 6.92 Å². The summed E-state index contributed by atoms with van der Waals surface area (Å²) in [7, 11) is 1.36. The number of hydrogen-bond acceptors (Lipinski definition) is 7. The number of carbonyl (C=O) groups excluding carboxylic acids is 3. The molecule has 2 rings (SSSR count). The molecule has 140 valence electrons. The molecule has 2 amide bonds. The van der Waals surface area contributed by atoms with Crippen LogP contribution in [0.15, 0.2) is 11.3 Å². The maximum Gasteiger partial charge on any atom is 0.338 e. The number of methoxy groups -OCH3 is 1.